The highest BCUT2D eigenvalue weighted by molar-refractivity contribution is 7.90. The van der Waals surface area contributed by atoms with Gasteiger partial charge >= 0.3 is 0 Å². The lowest BCUT2D eigenvalue weighted by Crippen LogP contribution is -2.14. The Labute approximate surface area is 222 Å². The third-order valence-electron chi connectivity index (χ3n) is 5.12. The normalized spacial score (nSPS) is 12.4. The number of sulfone groups is 1. The molecule has 0 unspecified atom stereocenters. The van der Waals surface area contributed by atoms with Crippen molar-refractivity contribution in [2.75, 3.05) is 17.3 Å². The first kappa shape index (κ1) is 29.4. The fourth-order valence-corrected chi connectivity index (χ4v) is 5.64. The van der Waals surface area contributed by atoms with Gasteiger partial charge in [0, 0.05) is 29.3 Å². The molecule has 0 heterocycles. The van der Waals surface area contributed by atoms with E-state index >= 15 is 0 Å². The second-order valence-corrected chi connectivity index (χ2v) is 12.8. The second-order valence-electron chi connectivity index (χ2n) is 8.00. The van der Waals surface area contributed by atoms with Crippen LogP contribution in [0.1, 0.15) is 21.5 Å². The number of nitro benzene ring substituents is 1. The number of benzene rings is 3. The van der Waals surface area contributed by atoms with Gasteiger partial charge in [-0.1, -0.05) is 24.3 Å². The van der Waals surface area contributed by atoms with Crippen LogP contribution in [0.2, 0.25) is 0 Å². The van der Waals surface area contributed by atoms with Crippen molar-refractivity contribution < 1.29 is 44.1 Å². The smallest absolute Gasteiger partial charge is 0.295 e. The monoisotopic (exact) mass is 597 g/mol. The highest BCUT2D eigenvalue weighted by atomic mass is 32.2. The maximum Gasteiger partial charge on any atom is 0.295 e. The molecule has 3 aromatic carbocycles. The Morgan fingerprint density at radius 1 is 0.846 bits per heavy atom. The molecule has 17 heteroatoms. The topological polar surface area (TPSA) is 241 Å². The molecule has 0 spiro atoms. The van der Waals surface area contributed by atoms with E-state index in [-0.39, 0.29) is 28.1 Å². The van der Waals surface area contributed by atoms with E-state index in [9.17, 15) is 49.3 Å². The Balaban J connectivity index is 2.00. The molecule has 5 N–H and O–H groups in total. The molecule has 0 saturated heterocycles. The standard InChI is InChI=1S/C22H19N3O11S3/c1-37(29,30)19-9-6-15(10-18(19)25(27)28)22(26)24-17-8-5-14(21(12-17)39(34,35)36)3-2-13-4-7-16(23)11-20(13)38(31,32)33/h2-12H,23H2,1H3,(H,24,26)(H,31,32,33)(H,34,35,36)/b3-2+. The van der Waals surface area contributed by atoms with Crippen LogP contribution in [-0.4, -0.2) is 51.4 Å². The highest BCUT2D eigenvalue weighted by Crippen LogP contribution is 2.28. The zero-order valence-corrected chi connectivity index (χ0v) is 22.1. The number of amides is 1. The predicted octanol–water partition coefficient (Wildman–Crippen LogP) is 2.50. The number of nitrogen functional groups attached to an aromatic ring is 1. The Kier molecular flexibility index (Phi) is 7.95. The molecule has 1 amide bonds. The molecule has 0 aliphatic carbocycles. The fraction of sp³-hybridized carbons (Fsp3) is 0.0455. The van der Waals surface area contributed by atoms with Crippen LogP contribution in [0.15, 0.2) is 69.3 Å². The van der Waals surface area contributed by atoms with Gasteiger partial charge in [-0.3, -0.25) is 24.0 Å². The first-order valence-electron chi connectivity index (χ1n) is 10.3. The molecule has 0 radical (unpaired) electrons. The van der Waals surface area contributed by atoms with Gasteiger partial charge in [0.05, 0.1) is 4.92 Å². The van der Waals surface area contributed by atoms with Crippen LogP contribution in [0.3, 0.4) is 0 Å². The van der Waals surface area contributed by atoms with E-state index in [1.54, 1.807) is 0 Å². The van der Waals surface area contributed by atoms with E-state index in [0.717, 1.165) is 54.8 Å². The van der Waals surface area contributed by atoms with E-state index in [0.29, 0.717) is 0 Å². The fourth-order valence-electron chi connectivity index (χ4n) is 3.38. The maximum absolute atomic E-state index is 12.7. The molecule has 3 aromatic rings. The number of hydrogen-bond donors (Lipinski definition) is 4. The molecule has 3 rings (SSSR count). The van der Waals surface area contributed by atoms with Crippen molar-refractivity contribution >= 4 is 65.2 Å². The molecule has 0 saturated carbocycles. The Hall–Kier alpha value is -4.16. The van der Waals surface area contributed by atoms with Gasteiger partial charge in [-0.15, -0.1) is 0 Å². The Bertz CT molecular complexity index is 1870. The third-order valence-corrected chi connectivity index (χ3v) is 8.09. The van der Waals surface area contributed by atoms with E-state index in [1.165, 1.54) is 18.2 Å². The van der Waals surface area contributed by atoms with Gasteiger partial charge < -0.3 is 11.1 Å². The van der Waals surface area contributed by atoms with E-state index < -0.39 is 61.3 Å². The molecule has 206 valence electrons. The number of anilines is 2. The molecule has 0 atom stereocenters. The van der Waals surface area contributed by atoms with Gasteiger partial charge in [-0.2, -0.15) is 16.8 Å². The number of nitrogens with one attached hydrogen (secondary N) is 1. The minimum Gasteiger partial charge on any atom is -0.399 e. The zero-order valence-electron chi connectivity index (χ0n) is 19.7. The van der Waals surface area contributed by atoms with E-state index in [4.69, 9.17) is 5.73 Å². The van der Waals surface area contributed by atoms with Crippen LogP contribution in [0.4, 0.5) is 17.1 Å². The summed E-state index contributed by atoms with van der Waals surface area (Å²) < 4.78 is 90.1. The van der Waals surface area contributed by atoms with Crippen molar-refractivity contribution in [1.82, 2.24) is 0 Å². The summed E-state index contributed by atoms with van der Waals surface area (Å²) in [5, 5.41) is 13.6. The molecule has 0 fully saturated rings. The maximum atomic E-state index is 12.7. The van der Waals surface area contributed by atoms with Crippen LogP contribution >= 0.6 is 0 Å². The number of rotatable bonds is 8. The number of carbonyl (C=O) groups is 1. The Morgan fingerprint density at radius 2 is 1.38 bits per heavy atom. The quantitative estimate of drug-likeness (QED) is 0.0962. The largest absolute Gasteiger partial charge is 0.399 e. The van der Waals surface area contributed by atoms with Crippen molar-refractivity contribution in [2.24, 2.45) is 0 Å². The van der Waals surface area contributed by atoms with Gasteiger partial charge in [0.1, 0.15) is 14.7 Å². The van der Waals surface area contributed by atoms with Gasteiger partial charge in [0.2, 0.25) is 0 Å². The summed E-state index contributed by atoms with van der Waals surface area (Å²) in [5.41, 5.74) is 4.09. The average molecular weight is 598 g/mol. The summed E-state index contributed by atoms with van der Waals surface area (Å²) in [6.45, 7) is 0. The number of hydrogen-bond acceptors (Lipinski definition) is 10. The van der Waals surface area contributed by atoms with Crippen molar-refractivity contribution in [3.8, 4) is 0 Å². The summed E-state index contributed by atoms with van der Waals surface area (Å²) >= 11 is 0. The minimum atomic E-state index is -4.89. The predicted molar refractivity (Wildman–Crippen MR) is 140 cm³/mol. The van der Waals surface area contributed by atoms with Crippen LogP contribution in [0.5, 0.6) is 0 Å². The molecule has 14 nitrogen and oxygen atoms in total. The summed E-state index contributed by atoms with van der Waals surface area (Å²) in [7, 11) is -13.6. The van der Waals surface area contributed by atoms with Gasteiger partial charge in [0.25, 0.3) is 31.8 Å². The molecule has 0 aromatic heterocycles. The van der Waals surface area contributed by atoms with E-state index in [2.05, 4.69) is 5.32 Å². The minimum absolute atomic E-state index is 0.0368. The molecule has 0 aliphatic heterocycles. The lowest BCUT2D eigenvalue weighted by molar-refractivity contribution is -0.387. The van der Waals surface area contributed by atoms with Gasteiger partial charge in [-0.05, 0) is 47.5 Å². The second kappa shape index (κ2) is 10.5. The summed E-state index contributed by atoms with van der Waals surface area (Å²) in [6.07, 6.45) is 3.04. The molecule has 0 aliphatic rings. The average Bonchev–Trinajstić information content (AvgIpc) is 2.81. The summed E-state index contributed by atoms with van der Waals surface area (Å²) in [5.74, 6) is -0.956. The van der Waals surface area contributed by atoms with Crippen molar-refractivity contribution in [3.63, 3.8) is 0 Å². The highest BCUT2D eigenvalue weighted by Gasteiger charge is 2.24. The number of nitro groups is 1. The molecular formula is C22H19N3O11S3. The number of nitrogens with two attached hydrogens (primary N) is 1. The van der Waals surface area contributed by atoms with Crippen molar-refractivity contribution in [2.45, 2.75) is 14.7 Å². The van der Waals surface area contributed by atoms with E-state index in [1.807, 2.05) is 0 Å². The number of nitrogens with zero attached hydrogens (tertiary/aromatic N) is 1. The Morgan fingerprint density at radius 3 is 1.90 bits per heavy atom. The zero-order chi connectivity index (χ0) is 29.3. The van der Waals surface area contributed by atoms with Crippen molar-refractivity contribution in [1.29, 1.82) is 0 Å². The van der Waals surface area contributed by atoms with Crippen LogP contribution in [-0.2, 0) is 30.1 Å². The first-order valence-corrected chi connectivity index (χ1v) is 15.1. The van der Waals surface area contributed by atoms with Crippen LogP contribution < -0.4 is 11.1 Å². The molecule has 0 bridgehead atoms. The van der Waals surface area contributed by atoms with Crippen LogP contribution in [0, 0.1) is 10.1 Å². The lowest BCUT2D eigenvalue weighted by Gasteiger charge is -2.10. The van der Waals surface area contributed by atoms with Crippen molar-refractivity contribution in [3.05, 3.63) is 81.4 Å². The SMILES string of the molecule is CS(=O)(=O)c1ccc(C(=O)Nc2ccc(/C=C/c3ccc(N)cc3S(=O)(=O)O)c(S(=O)(=O)O)c2)cc1[N+](=O)[O-]. The summed E-state index contributed by atoms with van der Waals surface area (Å²) in [6, 6.07) is 9.49. The number of carbonyl (C=O) groups excluding carboxylic acids is 1. The van der Waals surface area contributed by atoms with Crippen LogP contribution in [0.25, 0.3) is 12.2 Å². The third kappa shape index (κ3) is 7.03. The molecule has 39 heavy (non-hydrogen) atoms. The first-order chi connectivity index (χ1) is 17.9. The summed E-state index contributed by atoms with van der Waals surface area (Å²) in [4.78, 5) is 21.1. The lowest BCUT2D eigenvalue weighted by atomic mass is 10.1. The van der Waals surface area contributed by atoms with Gasteiger partial charge in [-0.25, -0.2) is 8.42 Å². The molecular weight excluding hydrogens is 578 g/mol. The van der Waals surface area contributed by atoms with Gasteiger partial charge in [0.15, 0.2) is 9.84 Å².